The van der Waals surface area contributed by atoms with Crippen molar-refractivity contribution in [2.24, 2.45) is 0 Å². The maximum absolute atomic E-state index is 12.6. The van der Waals surface area contributed by atoms with Crippen LogP contribution in [0.25, 0.3) is 0 Å². The van der Waals surface area contributed by atoms with Crippen molar-refractivity contribution in [3.05, 3.63) is 70.3 Å². The number of nitro groups is 1. The van der Waals surface area contributed by atoms with Gasteiger partial charge in [-0.05, 0) is 24.5 Å². The van der Waals surface area contributed by atoms with Gasteiger partial charge in [0.1, 0.15) is 18.4 Å². The van der Waals surface area contributed by atoms with E-state index < -0.39 is 11.0 Å². The van der Waals surface area contributed by atoms with Crippen molar-refractivity contribution in [3.8, 4) is 0 Å². The first-order valence-electron chi connectivity index (χ1n) is 8.54. The largest absolute Gasteiger partial charge is 0.322 e. The fourth-order valence-corrected chi connectivity index (χ4v) is 2.79. The molecule has 0 aliphatic heterocycles. The maximum Gasteiger partial charge on any atom is 0.307 e. The zero-order valence-electron chi connectivity index (χ0n) is 15.1. The monoisotopic (exact) mass is 368 g/mol. The SMILES string of the molecule is CCC(C(=O)Nc1cnn(Cc2ccccc2C)c1)n1cc([N+](=O)[O-])cn1. The number of hydrogen-bond donors (Lipinski definition) is 1. The summed E-state index contributed by atoms with van der Waals surface area (Å²) in [6.45, 7) is 4.46. The van der Waals surface area contributed by atoms with Crippen molar-refractivity contribution >= 4 is 17.3 Å². The van der Waals surface area contributed by atoms with E-state index >= 15 is 0 Å². The number of hydrogen-bond acceptors (Lipinski definition) is 5. The third kappa shape index (κ3) is 4.20. The molecule has 27 heavy (non-hydrogen) atoms. The van der Waals surface area contributed by atoms with Crippen molar-refractivity contribution in [1.29, 1.82) is 0 Å². The first kappa shape index (κ1) is 18.3. The number of nitrogens with one attached hydrogen (secondary N) is 1. The van der Waals surface area contributed by atoms with Crippen LogP contribution in [0.15, 0.2) is 49.1 Å². The van der Waals surface area contributed by atoms with Gasteiger partial charge < -0.3 is 5.32 Å². The summed E-state index contributed by atoms with van der Waals surface area (Å²) in [4.78, 5) is 22.8. The Labute approximate surface area is 155 Å². The molecule has 0 spiro atoms. The minimum atomic E-state index is -0.640. The molecule has 9 heteroatoms. The van der Waals surface area contributed by atoms with Gasteiger partial charge in [0.25, 0.3) is 0 Å². The van der Waals surface area contributed by atoms with E-state index in [9.17, 15) is 14.9 Å². The molecule has 3 aromatic rings. The zero-order chi connectivity index (χ0) is 19.4. The number of benzene rings is 1. The van der Waals surface area contributed by atoms with Crippen molar-refractivity contribution in [2.45, 2.75) is 32.9 Å². The van der Waals surface area contributed by atoms with Crippen LogP contribution in [0, 0.1) is 17.0 Å². The van der Waals surface area contributed by atoms with Gasteiger partial charge in [0.15, 0.2) is 0 Å². The fourth-order valence-electron chi connectivity index (χ4n) is 2.79. The average molecular weight is 368 g/mol. The summed E-state index contributed by atoms with van der Waals surface area (Å²) in [5.41, 5.74) is 2.74. The first-order valence-corrected chi connectivity index (χ1v) is 8.54. The molecule has 0 bridgehead atoms. The fraction of sp³-hybridized carbons (Fsp3) is 0.278. The molecule has 1 N–H and O–H groups in total. The molecule has 1 unspecified atom stereocenters. The van der Waals surface area contributed by atoms with E-state index in [1.54, 1.807) is 17.1 Å². The van der Waals surface area contributed by atoms with Crippen LogP contribution in [0.1, 0.15) is 30.5 Å². The van der Waals surface area contributed by atoms with E-state index in [1.807, 2.05) is 38.1 Å². The molecule has 0 fully saturated rings. The van der Waals surface area contributed by atoms with Crippen molar-refractivity contribution in [2.75, 3.05) is 5.32 Å². The topological polar surface area (TPSA) is 108 Å². The van der Waals surface area contributed by atoms with Gasteiger partial charge in [0.05, 0.1) is 23.4 Å². The number of carbonyl (C=O) groups is 1. The predicted molar refractivity (Wildman–Crippen MR) is 99.3 cm³/mol. The Balaban J connectivity index is 1.69. The number of nitrogens with zero attached hydrogens (tertiary/aromatic N) is 5. The Bertz CT molecular complexity index is 961. The highest BCUT2D eigenvalue weighted by atomic mass is 16.6. The quantitative estimate of drug-likeness (QED) is 0.509. The number of carbonyl (C=O) groups excluding carboxylic acids is 1. The average Bonchev–Trinajstić information content (AvgIpc) is 3.28. The lowest BCUT2D eigenvalue weighted by Gasteiger charge is -2.14. The van der Waals surface area contributed by atoms with E-state index in [0.29, 0.717) is 18.7 Å². The summed E-state index contributed by atoms with van der Waals surface area (Å²) < 4.78 is 3.06. The zero-order valence-corrected chi connectivity index (χ0v) is 15.1. The molecule has 2 heterocycles. The Kier molecular flexibility index (Phi) is 5.30. The van der Waals surface area contributed by atoms with Gasteiger partial charge in [0.2, 0.25) is 5.91 Å². The normalized spacial score (nSPS) is 11.9. The minimum absolute atomic E-state index is 0.146. The van der Waals surface area contributed by atoms with Crippen molar-refractivity contribution in [1.82, 2.24) is 19.6 Å². The van der Waals surface area contributed by atoms with Crippen LogP contribution >= 0.6 is 0 Å². The van der Waals surface area contributed by atoms with Gasteiger partial charge >= 0.3 is 5.69 Å². The molecule has 140 valence electrons. The first-order chi connectivity index (χ1) is 13.0. The highest BCUT2D eigenvalue weighted by Crippen LogP contribution is 2.18. The van der Waals surface area contributed by atoms with Crippen molar-refractivity contribution < 1.29 is 9.72 Å². The van der Waals surface area contributed by atoms with Gasteiger partial charge in [-0.3, -0.25) is 24.3 Å². The molecule has 1 amide bonds. The summed E-state index contributed by atoms with van der Waals surface area (Å²) >= 11 is 0. The molecular weight excluding hydrogens is 348 g/mol. The standard InChI is InChI=1S/C18H20N6O3/c1-3-17(23-12-16(9-20-23)24(26)27)18(25)21-15-8-19-22(11-15)10-14-7-5-4-6-13(14)2/h4-9,11-12,17H,3,10H2,1-2H3,(H,21,25). The molecule has 1 atom stereocenters. The van der Waals surface area contributed by atoms with Crippen LogP contribution in [0.5, 0.6) is 0 Å². The highest BCUT2D eigenvalue weighted by molar-refractivity contribution is 5.93. The second-order valence-electron chi connectivity index (χ2n) is 6.20. The van der Waals surface area contributed by atoms with E-state index in [2.05, 4.69) is 15.5 Å². The highest BCUT2D eigenvalue weighted by Gasteiger charge is 2.22. The predicted octanol–water partition coefficient (Wildman–Crippen LogP) is 2.93. The third-order valence-electron chi connectivity index (χ3n) is 4.30. The lowest BCUT2D eigenvalue weighted by atomic mass is 10.1. The summed E-state index contributed by atoms with van der Waals surface area (Å²) in [6.07, 6.45) is 6.17. The molecule has 3 rings (SSSR count). The number of amides is 1. The van der Waals surface area contributed by atoms with Gasteiger partial charge in [-0.25, -0.2) is 0 Å². The molecule has 1 aromatic carbocycles. The molecule has 0 aliphatic rings. The van der Waals surface area contributed by atoms with Gasteiger partial charge in [-0.1, -0.05) is 31.2 Å². The van der Waals surface area contributed by atoms with Crippen LogP contribution in [-0.4, -0.2) is 30.4 Å². The van der Waals surface area contributed by atoms with Crippen LogP contribution < -0.4 is 5.32 Å². The molecular formula is C18H20N6O3. The summed E-state index contributed by atoms with van der Waals surface area (Å²) in [7, 11) is 0. The van der Waals surface area contributed by atoms with Crippen LogP contribution in [-0.2, 0) is 11.3 Å². The number of aryl methyl sites for hydroxylation is 1. The smallest absolute Gasteiger partial charge is 0.307 e. The lowest BCUT2D eigenvalue weighted by molar-refractivity contribution is -0.385. The third-order valence-corrected chi connectivity index (χ3v) is 4.30. The second kappa shape index (κ2) is 7.81. The molecule has 2 aromatic heterocycles. The van der Waals surface area contributed by atoms with Crippen LogP contribution in [0.3, 0.4) is 0 Å². The summed E-state index contributed by atoms with van der Waals surface area (Å²) in [5, 5.41) is 21.8. The van der Waals surface area contributed by atoms with Gasteiger partial charge in [-0.15, -0.1) is 0 Å². The lowest BCUT2D eigenvalue weighted by Crippen LogP contribution is -2.25. The summed E-state index contributed by atoms with van der Waals surface area (Å²) in [6, 6.07) is 7.39. The second-order valence-corrected chi connectivity index (χ2v) is 6.20. The van der Waals surface area contributed by atoms with Crippen LogP contribution in [0.4, 0.5) is 11.4 Å². The van der Waals surface area contributed by atoms with Crippen LogP contribution in [0.2, 0.25) is 0 Å². The summed E-state index contributed by atoms with van der Waals surface area (Å²) in [5.74, 6) is -0.300. The number of aromatic nitrogens is 4. The molecule has 0 radical (unpaired) electrons. The molecule has 0 aliphatic carbocycles. The van der Waals surface area contributed by atoms with E-state index in [-0.39, 0.29) is 11.6 Å². The molecule has 0 saturated heterocycles. The number of rotatable bonds is 7. The number of anilines is 1. The molecule has 0 saturated carbocycles. The van der Waals surface area contributed by atoms with E-state index in [1.165, 1.54) is 16.4 Å². The Hall–Kier alpha value is -3.49. The molecule has 9 nitrogen and oxygen atoms in total. The van der Waals surface area contributed by atoms with Gasteiger partial charge in [-0.2, -0.15) is 10.2 Å². The van der Waals surface area contributed by atoms with Gasteiger partial charge in [0, 0.05) is 6.20 Å². The van der Waals surface area contributed by atoms with Crippen molar-refractivity contribution in [3.63, 3.8) is 0 Å². The Morgan fingerprint density at radius 2 is 2.04 bits per heavy atom. The maximum atomic E-state index is 12.6. The Morgan fingerprint density at radius 3 is 2.70 bits per heavy atom. The minimum Gasteiger partial charge on any atom is -0.322 e. The van der Waals surface area contributed by atoms with E-state index in [4.69, 9.17) is 0 Å². The Morgan fingerprint density at radius 1 is 1.26 bits per heavy atom. The van der Waals surface area contributed by atoms with E-state index in [0.717, 1.165) is 11.8 Å².